The third kappa shape index (κ3) is 6.48. The number of benzene rings is 2. The maximum Gasteiger partial charge on any atom is 0.163 e. The van der Waals surface area contributed by atoms with Gasteiger partial charge < -0.3 is 0 Å². The van der Waals surface area contributed by atoms with Crippen LogP contribution in [-0.2, 0) is 16.0 Å². The molecule has 0 bridgehead atoms. The maximum atomic E-state index is 13.7. The monoisotopic (exact) mass is 502 g/mol. The zero-order chi connectivity index (χ0) is 27.4. The van der Waals surface area contributed by atoms with Gasteiger partial charge in [0.05, 0.1) is 6.42 Å². The van der Waals surface area contributed by atoms with Crippen molar-refractivity contribution in [3.05, 3.63) is 57.6 Å². The summed E-state index contributed by atoms with van der Waals surface area (Å²) in [5, 5.41) is 0. The minimum Gasteiger partial charge on any atom is -0.300 e. The number of aryl methyl sites for hydroxylation is 2. The molecular weight excluding hydrogens is 456 g/mol. The molecule has 3 atom stereocenters. The third-order valence-corrected chi connectivity index (χ3v) is 8.56. The third-order valence-electron chi connectivity index (χ3n) is 8.56. The van der Waals surface area contributed by atoms with E-state index in [0.29, 0.717) is 12.3 Å². The van der Waals surface area contributed by atoms with Gasteiger partial charge in [-0.25, -0.2) is 0 Å². The number of carbonyl (C=O) groups excluding carboxylic acids is 3. The van der Waals surface area contributed by atoms with Gasteiger partial charge in [0.15, 0.2) is 5.78 Å². The highest BCUT2D eigenvalue weighted by Crippen LogP contribution is 2.42. The van der Waals surface area contributed by atoms with Gasteiger partial charge in [0.2, 0.25) is 0 Å². The Kier molecular flexibility index (Phi) is 9.67. The van der Waals surface area contributed by atoms with Gasteiger partial charge in [-0.15, -0.1) is 0 Å². The van der Waals surface area contributed by atoms with Crippen LogP contribution in [0.25, 0.3) is 11.1 Å². The Morgan fingerprint density at radius 1 is 1.00 bits per heavy atom. The summed E-state index contributed by atoms with van der Waals surface area (Å²) in [7, 11) is 0. The molecule has 0 aliphatic heterocycles. The van der Waals surface area contributed by atoms with Gasteiger partial charge in [-0.2, -0.15) is 0 Å². The van der Waals surface area contributed by atoms with E-state index in [1.807, 2.05) is 0 Å². The first-order valence-electron chi connectivity index (χ1n) is 14.3. The zero-order valence-electron chi connectivity index (χ0n) is 24.3. The minimum absolute atomic E-state index is 0.0309. The second-order valence-corrected chi connectivity index (χ2v) is 11.8. The molecule has 3 rings (SSSR count). The van der Waals surface area contributed by atoms with Crippen LogP contribution in [0.3, 0.4) is 0 Å². The second-order valence-electron chi connectivity index (χ2n) is 11.8. The van der Waals surface area contributed by atoms with E-state index < -0.39 is 0 Å². The van der Waals surface area contributed by atoms with Gasteiger partial charge in [-0.05, 0) is 104 Å². The van der Waals surface area contributed by atoms with Crippen molar-refractivity contribution in [1.29, 1.82) is 0 Å². The van der Waals surface area contributed by atoms with E-state index in [1.165, 1.54) is 40.3 Å². The zero-order valence-corrected chi connectivity index (χ0v) is 24.3. The van der Waals surface area contributed by atoms with Crippen molar-refractivity contribution in [2.45, 2.75) is 106 Å². The molecule has 0 N–H and O–H groups in total. The number of carbonyl (C=O) groups is 3. The van der Waals surface area contributed by atoms with Gasteiger partial charge >= 0.3 is 0 Å². The van der Waals surface area contributed by atoms with Crippen LogP contribution in [0, 0.1) is 38.5 Å². The van der Waals surface area contributed by atoms with E-state index in [9.17, 15) is 14.4 Å². The summed E-state index contributed by atoms with van der Waals surface area (Å²) in [6.45, 7) is 16.5. The molecule has 0 amide bonds. The predicted molar refractivity (Wildman–Crippen MR) is 153 cm³/mol. The highest BCUT2D eigenvalue weighted by atomic mass is 16.1. The molecule has 3 heteroatoms. The average molecular weight is 503 g/mol. The van der Waals surface area contributed by atoms with Gasteiger partial charge in [0.25, 0.3) is 0 Å². The molecule has 0 heterocycles. The summed E-state index contributed by atoms with van der Waals surface area (Å²) >= 11 is 0. The molecule has 0 spiro atoms. The first-order chi connectivity index (χ1) is 17.5. The van der Waals surface area contributed by atoms with Crippen LogP contribution in [-0.4, -0.2) is 17.3 Å². The van der Waals surface area contributed by atoms with Crippen molar-refractivity contribution in [1.82, 2.24) is 0 Å². The van der Waals surface area contributed by atoms with Gasteiger partial charge in [0, 0.05) is 17.9 Å². The minimum atomic E-state index is -0.0983. The number of hydrogen-bond acceptors (Lipinski definition) is 3. The molecule has 2 aromatic carbocycles. The molecule has 0 saturated heterocycles. The van der Waals surface area contributed by atoms with E-state index in [-0.39, 0.29) is 41.5 Å². The van der Waals surface area contributed by atoms with Gasteiger partial charge in [0.1, 0.15) is 11.6 Å². The van der Waals surface area contributed by atoms with E-state index in [4.69, 9.17) is 0 Å². The lowest BCUT2D eigenvalue weighted by Gasteiger charge is -2.33. The molecular formula is C34H46O3. The molecule has 1 aliphatic carbocycles. The number of rotatable bonds is 11. The normalized spacial score (nSPS) is 17.0. The van der Waals surface area contributed by atoms with Crippen LogP contribution in [0.4, 0.5) is 0 Å². The Bertz CT molecular complexity index is 1170. The van der Waals surface area contributed by atoms with Crippen LogP contribution in [0.5, 0.6) is 0 Å². The lowest BCUT2D eigenvalue weighted by atomic mass is 9.70. The first kappa shape index (κ1) is 29.0. The summed E-state index contributed by atoms with van der Waals surface area (Å²) in [6.07, 6.45) is 5.05. The quantitative estimate of drug-likeness (QED) is 0.289. The smallest absolute Gasteiger partial charge is 0.163 e. The fraction of sp³-hybridized carbons (Fsp3) is 0.559. The van der Waals surface area contributed by atoms with Crippen molar-refractivity contribution in [2.24, 2.45) is 17.8 Å². The van der Waals surface area contributed by atoms with E-state index in [2.05, 4.69) is 72.7 Å². The average Bonchev–Trinajstić information content (AvgIpc) is 2.81. The Morgan fingerprint density at radius 3 is 2.27 bits per heavy atom. The molecule has 37 heavy (non-hydrogen) atoms. The second kappa shape index (κ2) is 12.3. The molecule has 0 aromatic heterocycles. The maximum absolute atomic E-state index is 13.7. The molecule has 2 aromatic rings. The molecule has 3 nitrogen and oxygen atoms in total. The van der Waals surface area contributed by atoms with Crippen LogP contribution in [0.1, 0.15) is 117 Å². The number of hydrogen-bond donors (Lipinski definition) is 0. The van der Waals surface area contributed by atoms with Crippen LogP contribution >= 0.6 is 0 Å². The summed E-state index contributed by atoms with van der Waals surface area (Å²) < 4.78 is 0. The topological polar surface area (TPSA) is 51.2 Å². The Labute approximate surface area is 224 Å². The van der Waals surface area contributed by atoms with E-state index >= 15 is 0 Å². The van der Waals surface area contributed by atoms with Crippen molar-refractivity contribution in [3.63, 3.8) is 0 Å². The first-order valence-corrected chi connectivity index (χ1v) is 14.3. The lowest BCUT2D eigenvalue weighted by Crippen LogP contribution is -2.30. The number of Topliss-reactive ketones (excluding diaryl/α,β-unsaturated/α-hetero) is 3. The SMILES string of the molecule is CCCC(CC1CC(=O)c2c(C)c(-c3ccc(C)c(C)c3)cc(C(C)C)c2C1)C(CC)C(=O)CC(C)=O. The lowest BCUT2D eigenvalue weighted by molar-refractivity contribution is -0.129. The number of ketones is 3. The molecule has 200 valence electrons. The Balaban J connectivity index is 1.99. The summed E-state index contributed by atoms with van der Waals surface area (Å²) in [5.74, 6) is 0.941. The van der Waals surface area contributed by atoms with Crippen molar-refractivity contribution in [2.75, 3.05) is 0 Å². The van der Waals surface area contributed by atoms with E-state index in [1.54, 1.807) is 0 Å². The largest absolute Gasteiger partial charge is 0.300 e. The van der Waals surface area contributed by atoms with Crippen molar-refractivity contribution >= 4 is 17.3 Å². The summed E-state index contributed by atoms with van der Waals surface area (Å²) in [5.41, 5.74) is 9.41. The molecule has 0 radical (unpaired) electrons. The standard InChI is InChI=1S/C34H46O3/c1-9-11-26(28(10-2)32(36)15-23(7)35)16-25-17-31-29(20(3)4)19-30(24(8)34(31)33(37)18-25)27-13-12-21(5)22(6)14-27/h12-14,19-20,25-26,28H,9-11,15-18H2,1-8H3. The van der Waals surface area contributed by atoms with E-state index in [0.717, 1.165) is 43.2 Å². The fourth-order valence-electron chi connectivity index (χ4n) is 6.55. The molecule has 0 saturated carbocycles. The van der Waals surface area contributed by atoms with Crippen LogP contribution < -0.4 is 0 Å². The predicted octanol–water partition coefficient (Wildman–Crippen LogP) is 8.53. The van der Waals surface area contributed by atoms with Crippen LogP contribution in [0.2, 0.25) is 0 Å². The Hall–Kier alpha value is -2.55. The summed E-state index contributed by atoms with van der Waals surface area (Å²) in [6, 6.07) is 8.91. The summed E-state index contributed by atoms with van der Waals surface area (Å²) in [4.78, 5) is 38.3. The molecule has 1 aliphatic rings. The number of fused-ring (bicyclic) bond motifs is 1. The molecule has 0 fully saturated rings. The highest BCUT2D eigenvalue weighted by molar-refractivity contribution is 6.02. The van der Waals surface area contributed by atoms with Gasteiger partial charge in [-0.1, -0.05) is 64.8 Å². The molecule has 3 unspecified atom stereocenters. The van der Waals surface area contributed by atoms with Gasteiger partial charge in [-0.3, -0.25) is 14.4 Å². The fourth-order valence-corrected chi connectivity index (χ4v) is 6.55. The van der Waals surface area contributed by atoms with Crippen LogP contribution in [0.15, 0.2) is 24.3 Å². The highest BCUT2D eigenvalue weighted by Gasteiger charge is 2.34. The van der Waals surface area contributed by atoms with Crippen molar-refractivity contribution in [3.8, 4) is 11.1 Å². The Morgan fingerprint density at radius 2 is 1.70 bits per heavy atom. The van der Waals surface area contributed by atoms with Crippen molar-refractivity contribution < 1.29 is 14.4 Å².